The van der Waals surface area contributed by atoms with Crippen LogP contribution in [-0.4, -0.2) is 5.54 Å². The average Bonchev–Trinajstić information content (AvgIpc) is 3.73. The Labute approximate surface area is 359 Å². The molecule has 0 fully saturated rings. The topological polar surface area (TPSA) is 3.24 Å². The number of aryl methyl sites for hydroxylation is 1. The van der Waals surface area contributed by atoms with E-state index in [1.807, 2.05) is 6.07 Å². The molecule has 61 heavy (non-hydrogen) atoms. The molecule has 296 valence electrons. The van der Waals surface area contributed by atoms with Gasteiger partial charge in [-0.25, -0.2) is 4.39 Å². The number of hydrogen-bond acceptors (Lipinski definition) is 1. The van der Waals surface area contributed by atoms with E-state index in [1.54, 1.807) is 12.1 Å². The minimum atomic E-state index is -0.700. The predicted octanol–water partition coefficient (Wildman–Crippen LogP) is 15.6. The maximum Gasteiger partial charge on any atom is 0.123 e. The highest BCUT2D eigenvalue weighted by atomic mass is 19.1. The molecule has 1 nitrogen and oxygen atoms in total. The van der Waals surface area contributed by atoms with E-state index < -0.39 is 5.41 Å². The minimum Gasteiger partial charge on any atom is -0.332 e. The van der Waals surface area contributed by atoms with Crippen LogP contribution in [0.3, 0.4) is 0 Å². The number of halogens is 1. The number of fused-ring (bicyclic) bond motifs is 7. The highest BCUT2D eigenvalue weighted by molar-refractivity contribution is 6.01. The fourth-order valence-electron chi connectivity index (χ4n) is 10.3. The number of allylic oxidation sites excluding steroid dienone is 8. The predicted molar refractivity (Wildman–Crippen MR) is 255 cm³/mol. The lowest BCUT2D eigenvalue weighted by Gasteiger charge is -2.42. The van der Waals surface area contributed by atoms with E-state index in [2.05, 4.69) is 221 Å². The van der Waals surface area contributed by atoms with Crippen LogP contribution < -0.4 is 4.90 Å². The monoisotopic (exact) mass is 789 g/mol. The molecule has 7 aromatic rings. The highest BCUT2D eigenvalue weighted by Crippen LogP contribution is 2.64. The molecule has 0 aromatic heterocycles. The van der Waals surface area contributed by atoms with Gasteiger partial charge >= 0.3 is 0 Å². The van der Waals surface area contributed by atoms with Crippen molar-refractivity contribution in [2.24, 2.45) is 0 Å². The molecule has 0 bridgehead atoms. The molecule has 2 atom stereocenters. The molecule has 0 aliphatic heterocycles. The molecule has 2 heteroatoms. The molecule has 1 spiro atoms. The molecule has 0 radical (unpaired) electrons. The zero-order chi connectivity index (χ0) is 41.7. The summed E-state index contributed by atoms with van der Waals surface area (Å²) in [6.07, 6.45) is 16.7. The molecule has 0 saturated carbocycles. The van der Waals surface area contributed by atoms with E-state index in [0.29, 0.717) is 0 Å². The fraction of sp³-hybridized carbons (Fsp3) is 0.119. The second-order valence-corrected chi connectivity index (χ2v) is 16.8. The Morgan fingerprint density at radius 2 is 1.13 bits per heavy atom. The zero-order valence-electron chi connectivity index (χ0n) is 35.2. The van der Waals surface area contributed by atoms with Gasteiger partial charge in [-0.1, -0.05) is 175 Å². The van der Waals surface area contributed by atoms with Gasteiger partial charge < -0.3 is 4.90 Å². The lowest BCUT2D eigenvalue weighted by molar-refractivity contribution is 0.571. The first-order valence-electron chi connectivity index (χ1n) is 21.4. The molecule has 3 aliphatic carbocycles. The summed E-state index contributed by atoms with van der Waals surface area (Å²) in [6, 6.07) is 58.0. The largest absolute Gasteiger partial charge is 0.332 e. The van der Waals surface area contributed by atoms with Crippen LogP contribution in [0.15, 0.2) is 212 Å². The lowest BCUT2D eigenvalue weighted by Crippen LogP contribution is -2.42. The van der Waals surface area contributed by atoms with Crippen molar-refractivity contribution in [2.75, 3.05) is 4.90 Å². The lowest BCUT2D eigenvalue weighted by atomic mass is 9.67. The van der Waals surface area contributed by atoms with Gasteiger partial charge in [0, 0.05) is 11.4 Å². The second kappa shape index (κ2) is 15.2. The summed E-state index contributed by atoms with van der Waals surface area (Å²) in [5, 5.41) is 0. The van der Waals surface area contributed by atoms with Crippen molar-refractivity contribution in [1.29, 1.82) is 0 Å². The van der Waals surface area contributed by atoms with Crippen LogP contribution >= 0.6 is 0 Å². The van der Waals surface area contributed by atoms with Gasteiger partial charge in [-0.3, -0.25) is 0 Å². The Bertz CT molecular complexity index is 2880. The van der Waals surface area contributed by atoms with E-state index in [4.69, 9.17) is 0 Å². The highest BCUT2D eigenvalue weighted by Gasteiger charge is 2.53. The van der Waals surface area contributed by atoms with Crippen LogP contribution in [0.1, 0.15) is 60.6 Å². The van der Waals surface area contributed by atoms with E-state index >= 15 is 4.39 Å². The van der Waals surface area contributed by atoms with Gasteiger partial charge in [-0.05, 0) is 148 Å². The standard InChI is InChI=1S/C59H48FN/c1-5-14-50-51-32-22-40(3)38-55(51)59(54(50)15-6-2)56-39-46(60)27-33-52(56)53-21-13-20-49(57(53)59)45-34-36-58(4,37-35-45)61(47-28-23-43(24-29-47)41-16-9-7-10-17-41)48-30-25-44(26-31-48)42-18-11-8-12-19-42/h5-36,38-39H,37H2,1-4H3/b14-5-,15-6-. The maximum atomic E-state index is 15.7. The summed E-state index contributed by atoms with van der Waals surface area (Å²) in [7, 11) is 0. The minimum absolute atomic E-state index is 0.220. The van der Waals surface area contributed by atoms with Gasteiger partial charge in [-0.2, -0.15) is 0 Å². The van der Waals surface area contributed by atoms with Crippen LogP contribution in [0.5, 0.6) is 0 Å². The van der Waals surface area contributed by atoms with Crippen molar-refractivity contribution in [1.82, 2.24) is 0 Å². The summed E-state index contributed by atoms with van der Waals surface area (Å²) in [5.74, 6) is -0.220. The van der Waals surface area contributed by atoms with Crippen molar-refractivity contribution in [3.05, 3.63) is 251 Å². The molecule has 0 saturated heterocycles. The Balaban J connectivity index is 1.11. The smallest absolute Gasteiger partial charge is 0.123 e. The van der Waals surface area contributed by atoms with E-state index in [1.165, 1.54) is 66.8 Å². The van der Waals surface area contributed by atoms with Gasteiger partial charge in [0.15, 0.2) is 0 Å². The van der Waals surface area contributed by atoms with E-state index in [-0.39, 0.29) is 11.4 Å². The summed E-state index contributed by atoms with van der Waals surface area (Å²) in [6.45, 7) is 8.66. The number of hydrogen-bond donors (Lipinski definition) is 0. The van der Waals surface area contributed by atoms with Crippen molar-refractivity contribution >= 4 is 22.5 Å². The fourth-order valence-corrected chi connectivity index (χ4v) is 10.3. The average molecular weight is 790 g/mol. The number of benzene rings is 7. The van der Waals surface area contributed by atoms with Crippen LogP contribution in [0, 0.1) is 12.7 Å². The molecular weight excluding hydrogens is 742 g/mol. The second-order valence-electron chi connectivity index (χ2n) is 16.8. The van der Waals surface area contributed by atoms with Gasteiger partial charge in [0.1, 0.15) is 5.82 Å². The molecule has 7 aromatic carbocycles. The molecule has 2 unspecified atom stereocenters. The Kier molecular flexibility index (Phi) is 9.53. The zero-order valence-corrected chi connectivity index (χ0v) is 35.2. The number of anilines is 2. The van der Waals surface area contributed by atoms with Crippen LogP contribution in [0.25, 0.3) is 44.5 Å². The Morgan fingerprint density at radius 3 is 1.72 bits per heavy atom. The van der Waals surface area contributed by atoms with E-state index in [9.17, 15) is 0 Å². The van der Waals surface area contributed by atoms with Crippen LogP contribution in [0.4, 0.5) is 15.8 Å². The first kappa shape index (κ1) is 38.2. The quantitative estimate of drug-likeness (QED) is 0.148. The molecule has 0 N–H and O–H groups in total. The van der Waals surface area contributed by atoms with Crippen molar-refractivity contribution in [3.63, 3.8) is 0 Å². The molecule has 0 amide bonds. The van der Waals surface area contributed by atoms with E-state index in [0.717, 1.165) is 34.5 Å². The van der Waals surface area contributed by atoms with Crippen LogP contribution in [-0.2, 0) is 5.41 Å². The van der Waals surface area contributed by atoms with Crippen molar-refractivity contribution in [2.45, 2.75) is 45.1 Å². The third kappa shape index (κ3) is 6.20. The first-order chi connectivity index (χ1) is 29.8. The van der Waals surface area contributed by atoms with Crippen molar-refractivity contribution in [3.8, 4) is 33.4 Å². The summed E-state index contributed by atoms with van der Waals surface area (Å²) < 4.78 is 15.7. The normalized spacial score (nSPS) is 18.8. The molecule has 3 aliphatic rings. The van der Waals surface area contributed by atoms with Gasteiger partial charge in [0.25, 0.3) is 0 Å². The molecule has 10 rings (SSSR count). The molecule has 0 heterocycles. The SMILES string of the molecule is C/C=C\C1=C(/C=C\C)C2(c3cc(C)ccc31)c1cc(F)ccc1-c1cccc(C3=CCC(C)(N(c4ccc(-c5ccccc5)cc4)c4ccc(-c5ccccc5)cc4)C=C3)c12. The third-order valence-electron chi connectivity index (χ3n) is 13.0. The number of rotatable bonds is 8. The first-order valence-corrected chi connectivity index (χ1v) is 21.4. The van der Waals surface area contributed by atoms with Gasteiger partial charge in [0.05, 0.1) is 11.0 Å². The summed E-state index contributed by atoms with van der Waals surface area (Å²) in [5.41, 5.74) is 18.7. The Morgan fingerprint density at radius 1 is 0.557 bits per heavy atom. The third-order valence-corrected chi connectivity index (χ3v) is 13.0. The summed E-state index contributed by atoms with van der Waals surface area (Å²) in [4.78, 5) is 2.49. The van der Waals surface area contributed by atoms with Gasteiger partial charge in [-0.15, -0.1) is 0 Å². The Hall–Kier alpha value is -7.03. The maximum absolute atomic E-state index is 15.7. The molecular formula is C59H48FN. The number of nitrogens with zero attached hydrogens (tertiary/aromatic N) is 1. The summed E-state index contributed by atoms with van der Waals surface area (Å²) >= 11 is 0. The van der Waals surface area contributed by atoms with Crippen LogP contribution in [0.2, 0.25) is 0 Å². The van der Waals surface area contributed by atoms with Gasteiger partial charge in [0.2, 0.25) is 0 Å². The van der Waals surface area contributed by atoms with Crippen molar-refractivity contribution < 1.29 is 4.39 Å².